The molecule has 4 aromatic carbocycles. The Kier molecular flexibility index (Phi) is 8.43. The second-order valence-electron chi connectivity index (χ2n) is 12.5. The molecule has 0 aliphatic heterocycles. The Balaban J connectivity index is 0.000000194. The van der Waals surface area contributed by atoms with Crippen LogP contribution >= 0.6 is 0 Å². The van der Waals surface area contributed by atoms with E-state index in [9.17, 15) is 0 Å². The summed E-state index contributed by atoms with van der Waals surface area (Å²) in [5, 5.41) is 5.52. The summed E-state index contributed by atoms with van der Waals surface area (Å²) in [6, 6.07) is 38.7. The molecule has 0 fully saturated rings. The van der Waals surface area contributed by atoms with Crippen molar-refractivity contribution in [3.63, 3.8) is 0 Å². The molecule has 0 saturated heterocycles. The summed E-state index contributed by atoms with van der Waals surface area (Å²) < 4.78 is 20.9. The number of furan rings is 2. The normalized spacial score (nSPS) is 12.2. The van der Waals surface area contributed by atoms with E-state index in [0.717, 1.165) is 72.0 Å². The average Bonchev–Trinajstić information content (AvgIpc) is 3.64. The first-order valence-corrected chi connectivity index (χ1v) is 18.7. The number of hydrogen-bond donors (Lipinski definition) is 0. The van der Waals surface area contributed by atoms with E-state index in [1.807, 2.05) is 86.8 Å². The third-order valence-corrected chi connectivity index (χ3v) is 10.2. The molecule has 4 aromatic heterocycles. The van der Waals surface area contributed by atoms with Crippen LogP contribution < -0.4 is 5.19 Å². The van der Waals surface area contributed by atoms with E-state index in [-0.39, 0.29) is 20.1 Å². The van der Waals surface area contributed by atoms with Crippen LogP contribution in [0.15, 0.2) is 118 Å². The Morgan fingerprint density at radius 1 is 0.696 bits per heavy atom. The molecule has 0 aliphatic carbocycles. The van der Waals surface area contributed by atoms with Crippen LogP contribution in [0.4, 0.5) is 0 Å². The molecule has 46 heavy (non-hydrogen) atoms. The van der Waals surface area contributed by atoms with E-state index in [2.05, 4.69) is 72.1 Å². The van der Waals surface area contributed by atoms with E-state index < -0.39 is 14.0 Å². The smallest absolute Gasteiger partial charge is 0.177 e. The summed E-state index contributed by atoms with van der Waals surface area (Å²) in [6.07, 6.45) is 3.76. The third-order valence-electron chi connectivity index (χ3n) is 8.15. The molecule has 0 saturated carbocycles. The Morgan fingerprint density at radius 3 is 2.15 bits per heavy atom. The maximum absolute atomic E-state index is 8.35. The molecule has 0 unspecified atom stereocenters. The first-order valence-electron chi connectivity index (χ1n) is 15.7. The van der Waals surface area contributed by atoms with E-state index in [1.165, 1.54) is 5.19 Å². The van der Waals surface area contributed by atoms with Gasteiger partial charge in [0.15, 0.2) is 11.2 Å². The van der Waals surface area contributed by atoms with Crippen LogP contribution in [-0.2, 0) is 20.1 Å². The van der Waals surface area contributed by atoms with Gasteiger partial charge in [-0.2, -0.15) is 0 Å². The quantitative estimate of drug-likeness (QED) is 0.132. The summed E-state index contributed by atoms with van der Waals surface area (Å²) in [6.45, 7) is 10.7. The van der Waals surface area contributed by atoms with E-state index >= 15 is 0 Å². The van der Waals surface area contributed by atoms with E-state index in [1.54, 1.807) is 6.20 Å². The number of hydrogen-bond acceptors (Lipinski definition) is 4. The van der Waals surface area contributed by atoms with Crippen molar-refractivity contribution >= 4 is 57.1 Å². The molecular formula is C40H34IrN2O2Si-2. The molecule has 8 rings (SSSR count). The van der Waals surface area contributed by atoms with Crippen LogP contribution in [0.1, 0.15) is 26.7 Å². The maximum atomic E-state index is 8.35. The largest absolute Gasteiger partial charge is 0.497 e. The van der Waals surface area contributed by atoms with Gasteiger partial charge in [0.2, 0.25) is 0 Å². The summed E-state index contributed by atoms with van der Waals surface area (Å²) in [7, 11) is -1.23. The third kappa shape index (κ3) is 5.96. The summed E-state index contributed by atoms with van der Waals surface area (Å²) in [5.41, 5.74) is 7.56. The minimum atomic E-state index is -1.23. The van der Waals surface area contributed by atoms with Crippen LogP contribution in [0.25, 0.3) is 66.4 Å². The molecule has 6 heteroatoms. The van der Waals surface area contributed by atoms with Gasteiger partial charge in [0.05, 0.1) is 13.7 Å². The number of para-hydroxylation sites is 1. The Bertz CT molecular complexity index is 2330. The standard InChI is InChI=1S/C26H18NO2.C14H16NSi.Ir/c1-15(2)16-12-13-27-22(14-16)21-8-5-7-18-20-11-10-19-17-6-3-4-9-23(17)28-25(19)26(20)29-24(18)21;1-16(2,3)13-9-10-14(15-11-13)12-7-5-4-6-8-12;/h3-7,9-15H,1-2H3;4-7,9-11H,1-3H3;/q2*-1;/i15D;;. The van der Waals surface area contributed by atoms with Gasteiger partial charge in [-0.05, 0) is 40.7 Å². The fourth-order valence-electron chi connectivity index (χ4n) is 5.60. The molecule has 0 amide bonds. The van der Waals surface area contributed by atoms with Crippen LogP contribution in [0, 0.1) is 12.1 Å². The minimum Gasteiger partial charge on any atom is -0.497 e. The van der Waals surface area contributed by atoms with Gasteiger partial charge in [-0.3, -0.25) is 0 Å². The van der Waals surface area contributed by atoms with Gasteiger partial charge >= 0.3 is 0 Å². The van der Waals surface area contributed by atoms with Gasteiger partial charge in [-0.1, -0.05) is 92.5 Å². The molecule has 0 spiro atoms. The fraction of sp³-hybridized carbons (Fsp3) is 0.150. The fourth-order valence-corrected chi connectivity index (χ4v) is 6.64. The van der Waals surface area contributed by atoms with Crippen LogP contribution in [0.5, 0.6) is 0 Å². The van der Waals surface area contributed by atoms with Gasteiger partial charge in [-0.25, -0.2) is 0 Å². The number of nitrogens with zero attached hydrogens (tertiary/aromatic N) is 2. The number of fused-ring (bicyclic) bond motifs is 7. The second-order valence-corrected chi connectivity index (χ2v) is 17.6. The molecule has 1 radical (unpaired) electrons. The Labute approximate surface area is 285 Å². The van der Waals surface area contributed by atoms with Crippen molar-refractivity contribution in [1.29, 1.82) is 0 Å². The number of benzene rings is 4. The van der Waals surface area contributed by atoms with Crippen molar-refractivity contribution in [1.82, 2.24) is 9.97 Å². The van der Waals surface area contributed by atoms with Crippen molar-refractivity contribution in [3.05, 3.63) is 127 Å². The summed E-state index contributed by atoms with van der Waals surface area (Å²) in [4.78, 5) is 9.06. The second kappa shape index (κ2) is 12.8. The van der Waals surface area contributed by atoms with Crippen molar-refractivity contribution in [2.45, 2.75) is 39.4 Å². The first kappa shape index (κ1) is 30.3. The first-order chi connectivity index (χ1) is 22.1. The monoisotopic (exact) mass is 796 g/mol. The van der Waals surface area contributed by atoms with Gasteiger partial charge in [-0.15, -0.1) is 54.1 Å². The number of aromatic nitrogens is 2. The van der Waals surface area contributed by atoms with Crippen molar-refractivity contribution in [2.75, 3.05) is 0 Å². The molecule has 0 bridgehead atoms. The molecule has 4 nitrogen and oxygen atoms in total. The van der Waals surface area contributed by atoms with Gasteiger partial charge in [0, 0.05) is 50.0 Å². The van der Waals surface area contributed by atoms with Crippen LogP contribution in [0.2, 0.25) is 19.6 Å². The van der Waals surface area contributed by atoms with Crippen molar-refractivity contribution in [3.8, 4) is 22.5 Å². The Morgan fingerprint density at radius 2 is 1.43 bits per heavy atom. The van der Waals surface area contributed by atoms with Gasteiger partial charge < -0.3 is 18.8 Å². The van der Waals surface area contributed by atoms with Crippen LogP contribution in [-0.4, -0.2) is 18.0 Å². The zero-order chi connectivity index (χ0) is 32.1. The topological polar surface area (TPSA) is 52.1 Å². The molecule has 4 heterocycles. The predicted octanol–water partition coefficient (Wildman–Crippen LogP) is 10.6. The van der Waals surface area contributed by atoms with E-state index in [0.29, 0.717) is 0 Å². The molecule has 8 aromatic rings. The number of rotatable bonds is 4. The summed E-state index contributed by atoms with van der Waals surface area (Å²) >= 11 is 0. The average molecular weight is 796 g/mol. The number of pyridine rings is 2. The zero-order valence-electron chi connectivity index (χ0n) is 27.4. The van der Waals surface area contributed by atoms with Crippen molar-refractivity contribution in [2.24, 2.45) is 0 Å². The SMILES string of the molecule is C[Si](C)(C)c1ccc(-c2[c-]cccc2)nc1.[2H]C(C)(C)c1ccnc(-c2[c-]ccc3c2oc2c3ccc3c4ccccc4oc32)c1.[Ir]. The van der Waals surface area contributed by atoms with Gasteiger partial charge in [0.25, 0.3) is 0 Å². The zero-order valence-corrected chi connectivity index (χ0v) is 29.8. The predicted molar refractivity (Wildman–Crippen MR) is 189 cm³/mol. The molecular weight excluding hydrogens is 761 g/mol. The van der Waals surface area contributed by atoms with Gasteiger partial charge in [0.1, 0.15) is 5.58 Å². The molecule has 0 atom stereocenters. The maximum Gasteiger partial charge on any atom is 0.177 e. The van der Waals surface area contributed by atoms with Crippen molar-refractivity contribution < 1.29 is 30.3 Å². The molecule has 0 N–H and O–H groups in total. The molecule has 0 aliphatic rings. The van der Waals surface area contributed by atoms with Crippen LogP contribution in [0.3, 0.4) is 0 Å². The molecule has 231 valence electrons. The Hall–Kier alpha value is -4.35. The minimum absolute atomic E-state index is 0. The summed E-state index contributed by atoms with van der Waals surface area (Å²) in [5.74, 6) is -0.708. The van der Waals surface area contributed by atoms with E-state index in [4.69, 9.17) is 10.2 Å².